The Bertz CT molecular complexity index is 720. The normalized spacial score (nSPS) is 13.5. The van der Waals surface area contributed by atoms with Crippen LogP contribution in [-0.2, 0) is 17.8 Å². The maximum Gasteiger partial charge on any atom is 0.213 e. The lowest BCUT2D eigenvalue weighted by atomic mass is 10.0. The van der Waals surface area contributed by atoms with Gasteiger partial charge in [-0.1, -0.05) is 6.92 Å². The molecule has 2 aromatic rings. The van der Waals surface area contributed by atoms with E-state index in [1.807, 2.05) is 19.4 Å². The van der Waals surface area contributed by atoms with Crippen LogP contribution in [-0.4, -0.2) is 30.7 Å². The summed E-state index contributed by atoms with van der Waals surface area (Å²) in [5, 5.41) is 0. The van der Waals surface area contributed by atoms with Gasteiger partial charge in [-0.15, -0.1) is 11.8 Å². The average molecular weight is 341 g/mol. The molecular weight excluding hydrogens is 318 g/mol. The first-order chi connectivity index (χ1) is 11.7. The number of hydrogen-bond donors (Lipinski definition) is 0. The minimum Gasteiger partial charge on any atom is -0.367 e. The molecule has 0 saturated heterocycles. The van der Waals surface area contributed by atoms with E-state index in [-0.39, 0.29) is 0 Å². The van der Waals surface area contributed by atoms with Crippen molar-refractivity contribution < 1.29 is 4.79 Å². The number of hydrogen-bond acceptors (Lipinski definition) is 4. The summed E-state index contributed by atoms with van der Waals surface area (Å²) in [6.45, 7) is 4.03. The number of rotatable bonds is 6. The zero-order valence-corrected chi connectivity index (χ0v) is 15.1. The van der Waals surface area contributed by atoms with E-state index in [4.69, 9.17) is 0 Å². The maximum absolute atomic E-state index is 11.3. The van der Waals surface area contributed by atoms with Gasteiger partial charge in [-0.3, -0.25) is 9.78 Å². The van der Waals surface area contributed by atoms with Gasteiger partial charge in [-0.2, -0.15) is 0 Å². The summed E-state index contributed by atoms with van der Waals surface area (Å²) < 4.78 is 0. The Kier molecular flexibility index (Phi) is 5.41. The minimum absolute atomic E-state index is 0.870. The van der Waals surface area contributed by atoms with Crippen LogP contribution in [0, 0.1) is 0 Å². The molecule has 1 amide bonds. The molecule has 2 heterocycles. The smallest absolute Gasteiger partial charge is 0.213 e. The zero-order chi connectivity index (χ0) is 16.9. The van der Waals surface area contributed by atoms with Crippen LogP contribution in [0.1, 0.15) is 24.5 Å². The molecule has 4 nitrogen and oxygen atoms in total. The fourth-order valence-electron chi connectivity index (χ4n) is 2.97. The third-order valence-corrected chi connectivity index (χ3v) is 5.59. The van der Waals surface area contributed by atoms with Crippen LogP contribution < -0.4 is 9.80 Å². The van der Waals surface area contributed by atoms with Gasteiger partial charge in [0.25, 0.3) is 0 Å². The third kappa shape index (κ3) is 3.56. The number of carbonyl (C=O) groups excluding carboxylic acids is 1. The highest BCUT2D eigenvalue weighted by molar-refractivity contribution is 7.99. The van der Waals surface area contributed by atoms with E-state index < -0.39 is 0 Å². The van der Waals surface area contributed by atoms with Gasteiger partial charge in [0.05, 0.1) is 5.69 Å². The van der Waals surface area contributed by atoms with E-state index in [1.165, 1.54) is 11.1 Å². The molecule has 0 bridgehead atoms. The largest absolute Gasteiger partial charge is 0.367 e. The van der Waals surface area contributed by atoms with Crippen molar-refractivity contribution in [2.75, 3.05) is 29.1 Å². The van der Waals surface area contributed by atoms with Crippen LogP contribution in [0.15, 0.2) is 41.6 Å². The molecule has 24 heavy (non-hydrogen) atoms. The lowest BCUT2D eigenvalue weighted by molar-refractivity contribution is -0.107. The van der Waals surface area contributed by atoms with Gasteiger partial charge in [0, 0.05) is 43.1 Å². The van der Waals surface area contributed by atoms with Crippen LogP contribution in [0.2, 0.25) is 0 Å². The summed E-state index contributed by atoms with van der Waals surface area (Å²) in [6, 6.07) is 8.56. The van der Waals surface area contributed by atoms with E-state index in [1.54, 1.807) is 16.7 Å². The molecule has 0 unspecified atom stereocenters. The number of nitrogens with zero attached hydrogens (tertiary/aromatic N) is 3. The first kappa shape index (κ1) is 16.8. The molecule has 0 atom stereocenters. The van der Waals surface area contributed by atoms with E-state index >= 15 is 0 Å². The number of carbonyl (C=O) groups is 1. The van der Waals surface area contributed by atoms with Crippen LogP contribution in [0.25, 0.3) is 0 Å². The first-order valence-corrected chi connectivity index (χ1v) is 9.33. The fraction of sp³-hybridized carbons (Fsp3) is 0.368. The second-order valence-electron chi connectivity index (χ2n) is 6.03. The topological polar surface area (TPSA) is 36.4 Å². The van der Waals surface area contributed by atoms with Gasteiger partial charge < -0.3 is 9.80 Å². The number of pyridine rings is 1. The highest BCUT2D eigenvalue weighted by atomic mass is 32.2. The monoisotopic (exact) mass is 341 g/mol. The highest BCUT2D eigenvalue weighted by Crippen LogP contribution is 2.34. The predicted octanol–water partition coefficient (Wildman–Crippen LogP) is 3.74. The summed E-state index contributed by atoms with van der Waals surface area (Å²) in [7, 11) is 1.82. The number of fused-ring (bicyclic) bond motifs is 1. The molecule has 0 aliphatic carbocycles. The molecule has 0 fully saturated rings. The number of aromatic nitrogens is 1. The molecule has 0 saturated carbocycles. The Hall–Kier alpha value is -2.01. The van der Waals surface area contributed by atoms with Crippen molar-refractivity contribution in [3.05, 3.63) is 47.8 Å². The van der Waals surface area contributed by atoms with E-state index in [9.17, 15) is 4.79 Å². The Morgan fingerprint density at radius 3 is 3.00 bits per heavy atom. The summed E-state index contributed by atoms with van der Waals surface area (Å²) in [5.41, 5.74) is 4.83. The van der Waals surface area contributed by atoms with Crippen LogP contribution >= 0.6 is 11.8 Å². The summed E-state index contributed by atoms with van der Waals surface area (Å²) in [4.78, 5) is 20.7. The molecule has 126 valence electrons. The van der Waals surface area contributed by atoms with Gasteiger partial charge >= 0.3 is 0 Å². The maximum atomic E-state index is 11.3. The number of benzene rings is 1. The van der Waals surface area contributed by atoms with E-state index in [2.05, 4.69) is 41.1 Å². The van der Waals surface area contributed by atoms with Crippen LogP contribution in [0.4, 0.5) is 11.4 Å². The first-order valence-electron chi connectivity index (χ1n) is 8.34. The molecule has 3 rings (SSSR count). The second kappa shape index (κ2) is 7.71. The van der Waals surface area contributed by atoms with Gasteiger partial charge in [-0.25, -0.2) is 0 Å². The summed E-state index contributed by atoms with van der Waals surface area (Å²) in [6.07, 6.45) is 6.86. The lowest BCUT2D eigenvalue weighted by Gasteiger charge is -2.31. The van der Waals surface area contributed by atoms with Crippen molar-refractivity contribution in [2.24, 2.45) is 0 Å². The molecule has 1 aliphatic rings. The quantitative estimate of drug-likeness (QED) is 0.592. The van der Waals surface area contributed by atoms with E-state index in [0.717, 1.165) is 54.4 Å². The van der Waals surface area contributed by atoms with Gasteiger partial charge in [0.1, 0.15) is 0 Å². The Balaban J connectivity index is 1.87. The molecule has 1 aromatic heterocycles. The van der Waals surface area contributed by atoms with Crippen LogP contribution in [0.3, 0.4) is 0 Å². The van der Waals surface area contributed by atoms with Crippen molar-refractivity contribution in [1.82, 2.24) is 4.98 Å². The lowest BCUT2D eigenvalue weighted by Crippen LogP contribution is -2.30. The highest BCUT2D eigenvalue weighted by Gasteiger charge is 2.18. The summed E-state index contributed by atoms with van der Waals surface area (Å²) in [5.74, 6) is 1.06. The molecular formula is C19H23N3OS. The molecule has 0 N–H and O–H groups in total. The second-order valence-corrected chi connectivity index (χ2v) is 7.17. The Morgan fingerprint density at radius 1 is 1.33 bits per heavy atom. The minimum atomic E-state index is 0.870. The zero-order valence-electron chi connectivity index (χ0n) is 14.2. The number of anilines is 2. The Morgan fingerprint density at radius 2 is 2.21 bits per heavy atom. The van der Waals surface area contributed by atoms with Crippen molar-refractivity contribution >= 4 is 29.5 Å². The Labute approximate surface area is 147 Å². The van der Waals surface area contributed by atoms with Gasteiger partial charge in [-0.05, 0) is 54.0 Å². The summed E-state index contributed by atoms with van der Waals surface area (Å²) >= 11 is 1.81. The van der Waals surface area contributed by atoms with Crippen LogP contribution in [0.5, 0.6) is 0 Å². The molecule has 0 spiro atoms. The molecule has 1 aliphatic heterocycles. The molecule has 5 heteroatoms. The van der Waals surface area contributed by atoms with Crippen molar-refractivity contribution in [1.29, 1.82) is 0 Å². The van der Waals surface area contributed by atoms with Crippen molar-refractivity contribution in [2.45, 2.75) is 31.2 Å². The third-order valence-electron chi connectivity index (χ3n) is 4.32. The van der Waals surface area contributed by atoms with Gasteiger partial charge in [0.2, 0.25) is 6.41 Å². The average Bonchev–Trinajstić information content (AvgIpc) is 2.65. The van der Waals surface area contributed by atoms with E-state index in [0.29, 0.717) is 0 Å². The van der Waals surface area contributed by atoms with Gasteiger partial charge in [0.15, 0.2) is 0 Å². The van der Waals surface area contributed by atoms with Crippen molar-refractivity contribution in [3.63, 3.8) is 0 Å². The molecule has 0 radical (unpaired) electrons. The fourth-order valence-corrected chi connectivity index (χ4v) is 3.91. The predicted molar refractivity (Wildman–Crippen MR) is 101 cm³/mol. The standard InChI is InChI=1S/C19H23N3OS/c1-3-10-24-19-5-4-17(11-18(19)21(2)14-23)22-9-7-15-6-8-20-12-16(15)13-22/h4-6,8,11-12,14H,3,7,9-10,13H2,1-2H3. The number of amides is 1. The molecule has 1 aromatic carbocycles. The number of thioether (sulfide) groups is 1. The van der Waals surface area contributed by atoms with Crippen molar-refractivity contribution in [3.8, 4) is 0 Å². The SMILES string of the molecule is CCCSc1ccc(N2CCc3ccncc3C2)cc1N(C)C=O.